The van der Waals surface area contributed by atoms with Gasteiger partial charge in [-0.3, -0.25) is 0 Å². The Hall–Kier alpha value is -0.620. The van der Waals surface area contributed by atoms with Crippen LogP contribution in [0.15, 0.2) is 24.3 Å². The maximum absolute atomic E-state index is 11.0. The second-order valence-corrected chi connectivity index (χ2v) is 5.09. The third-order valence-corrected chi connectivity index (χ3v) is 2.77. The highest BCUT2D eigenvalue weighted by Gasteiger charge is 2.19. The molecule has 1 aromatic carbocycles. The largest absolute Gasteiger partial charge is 0.479 e. The number of benzene rings is 1. The molecule has 0 saturated heterocycles. The Morgan fingerprint density at radius 1 is 1.38 bits per heavy atom. The van der Waals surface area contributed by atoms with E-state index in [9.17, 15) is 4.79 Å². The van der Waals surface area contributed by atoms with E-state index in [4.69, 9.17) is 9.84 Å². The van der Waals surface area contributed by atoms with Crippen LogP contribution in [0.1, 0.15) is 19.4 Å². The molecule has 0 aliphatic heterocycles. The summed E-state index contributed by atoms with van der Waals surface area (Å²) in [6.07, 6.45) is -0.435. The SMILES string of the molecule is CC(C)O[C@H](Cc1ccc(I)cc1)C(=O)O. The summed E-state index contributed by atoms with van der Waals surface area (Å²) in [5.41, 5.74) is 0.980. The Bertz CT molecular complexity index is 346. The van der Waals surface area contributed by atoms with E-state index in [-0.39, 0.29) is 6.10 Å². The molecule has 0 heterocycles. The van der Waals surface area contributed by atoms with Crippen LogP contribution in [0.5, 0.6) is 0 Å². The number of hydrogen-bond donors (Lipinski definition) is 1. The molecular weight excluding hydrogens is 319 g/mol. The second kappa shape index (κ2) is 6.20. The van der Waals surface area contributed by atoms with E-state index in [0.29, 0.717) is 6.42 Å². The predicted octanol–water partition coefficient (Wildman–Crippen LogP) is 2.71. The number of hydrogen-bond acceptors (Lipinski definition) is 2. The molecule has 0 bridgehead atoms. The number of halogens is 1. The molecule has 4 heteroatoms. The first-order valence-electron chi connectivity index (χ1n) is 5.11. The van der Waals surface area contributed by atoms with Crippen molar-refractivity contribution < 1.29 is 14.6 Å². The molecule has 1 N–H and O–H groups in total. The zero-order valence-electron chi connectivity index (χ0n) is 9.31. The Morgan fingerprint density at radius 2 is 1.94 bits per heavy atom. The third kappa shape index (κ3) is 4.49. The van der Waals surface area contributed by atoms with Gasteiger partial charge in [-0.1, -0.05) is 12.1 Å². The van der Waals surface area contributed by atoms with Gasteiger partial charge < -0.3 is 9.84 Å². The maximum atomic E-state index is 11.0. The molecule has 0 aromatic heterocycles. The zero-order valence-corrected chi connectivity index (χ0v) is 11.5. The van der Waals surface area contributed by atoms with E-state index in [1.807, 2.05) is 38.1 Å². The lowest BCUT2D eigenvalue weighted by Gasteiger charge is -2.16. The second-order valence-electron chi connectivity index (χ2n) is 3.84. The Morgan fingerprint density at radius 3 is 2.38 bits per heavy atom. The number of ether oxygens (including phenoxy) is 1. The smallest absolute Gasteiger partial charge is 0.333 e. The quantitative estimate of drug-likeness (QED) is 0.843. The minimum Gasteiger partial charge on any atom is -0.479 e. The van der Waals surface area contributed by atoms with Gasteiger partial charge in [0.15, 0.2) is 6.10 Å². The summed E-state index contributed by atoms with van der Waals surface area (Å²) in [4.78, 5) is 11.0. The van der Waals surface area contributed by atoms with Crippen molar-refractivity contribution >= 4 is 28.6 Å². The van der Waals surface area contributed by atoms with Crippen LogP contribution in [-0.4, -0.2) is 23.3 Å². The molecule has 0 fully saturated rings. The Kier molecular flexibility index (Phi) is 5.21. The molecule has 0 amide bonds. The lowest BCUT2D eigenvalue weighted by atomic mass is 10.1. The van der Waals surface area contributed by atoms with Gasteiger partial charge in [-0.05, 0) is 54.1 Å². The molecule has 0 radical (unpaired) electrons. The van der Waals surface area contributed by atoms with Gasteiger partial charge in [0.2, 0.25) is 0 Å². The predicted molar refractivity (Wildman–Crippen MR) is 70.5 cm³/mol. The van der Waals surface area contributed by atoms with E-state index in [0.717, 1.165) is 9.13 Å². The van der Waals surface area contributed by atoms with E-state index in [2.05, 4.69) is 22.6 Å². The van der Waals surface area contributed by atoms with Crippen molar-refractivity contribution in [2.75, 3.05) is 0 Å². The number of rotatable bonds is 5. The first kappa shape index (κ1) is 13.4. The highest BCUT2D eigenvalue weighted by atomic mass is 127. The molecule has 16 heavy (non-hydrogen) atoms. The number of aliphatic carboxylic acids is 1. The fourth-order valence-electron chi connectivity index (χ4n) is 1.36. The van der Waals surface area contributed by atoms with Crippen molar-refractivity contribution in [1.29, 1.82) is 0 Å². The zero-order chi connectivity index (χ0) is 12.1. The molecular formula is C12H15IO3. The molecule has 0 spiro atoms. The average Bonchev–Trinajstić information content (AvgIpc) is 2.19. The molecule has 88 valence electrons. The summed E-state index contributed by atoms with van der Waals surface area (Å²) >= 11 is 2.22. The molecule has 0 unspecified atom stereocenters. The summed E-state index contributed by atoms with van der Waals surface area (Å²) in [6, 6.07) is 7.79. The van der Waals surface area contributed by atoms with E-state index < -0.39 is 12.1 Å². The van der Waals surface area contributed by atoms with Crippen LogP contribution in [0.25, 0.3) is 0 Å². The van der Waals surface area contributed by atoms with Crippen molar-refractivity contribution in [3.8, 4) is 0 Å². The lowest BCUT2D eigenvalue weighted by molar-refractivity contribution is -0.153. The monoisotopic (exact) mass is 334 g/mol. The highest BCUT2D eigenvalue weighted by Crippen LogP contribution is 2.11. The average molecular weight is 334 g/mol. The van der Waals surface area contributed by atoms with Crippen LogP contribution in [0.4, 0.5) is 0 Å². The third-order valence-electron chi connectivity index (χ3n) is 2.05. The fourth-order valence-corrected chi connectivity index (χ4v) is 1.72. The van der Waals surface area contributed by atoms with E-state index >= 15 is 0 Å². The molecule has 1 atom stereocenters. The topological polar surface area (TPSA) is 46.5 Å². The summed E-state index contributed by atoms with van der Waals surface area (Å²) < 4.78 is 6.48. The summed E-state index contributed by atoms with van der Waals surface area (Å²) in [5.74, 6) is -0.910. The van der Waals surface area contributed by atoms with Crippen LogP contribution in [0.3, 0.4) is 0 Å². The van der Waals surface area contributed by atoms with Gasteiger partial charge in [0.1, 0.15) is 0 Å². The van der Waals surface area contributed by atoms with Crippen molar-refractivity contribution in [1.82, 2.24) is 0 Å². The first-order valence-corrected chi connectivity index (χ1v) is 6.19. The van der Waals surface area contributed by atoms with Crippen molar-refractivity contribution in [3.63, 3.8) is 0 Å². The van der Waals surface area contributed by atoms with Crippen LogP contribution >= 0.6 is 22.6 Å². The number of carboxylic acids is 1. The molecule has 0 saturated carbocycles. The summed E-state index contributed by atoms with van der Waals surface area (Å²) in [7, 11) is 0. The maximum Gasteiger partial charge on any atom is 0.333 e. The van der Waals surface area contributed by atoms with Crippen molar-refractivity contribution in [2.24, 2.45) is 0 Å². The van der Waals surface area contributed by atoms with Crippen LogP contribution in [0, 0.1) is 3.57 Å². The van der Waals surface area contributed by atoms with Gasteiger partial charge >= 0.3 is 5.97 Å². The summed E-state index contributed by atoms with van der Waals surface area (Å²) in [5, 5.41) is 9.01. The molecule has 1 aromatic rings. The van der Waals surface area contributed by atoms with E-state index in [1.165, 1.54) is 0 Å². The first-order chi connectivity index (χ1) is 7.49. The number of carboxylic acid groups (broad SMARTS) is 1. The van der Waals surface area contributed by atoms with Crippen LogP contribution in [0.2, 0.25) is 0 Å². The minimum atomic E-state index is -0.910. The van der Waals surface area contributed by atoms with Crippen molar-refractivity contribution in [3.05, 3.63) is 33.4 Å². The Balaban J connectivity index is 2.68. The van der Waals surface area contributed by atoms with Gasteiger partial charge in [0.05, 0.1) is 6.10 Å². The van der Waals surface area contributed by atoms with Gasteiger partial charge in [-0.25, -0.2) is 4.79 Å². The standard InChI is InChI=1S/C12H15IO3/c1-8(2)16-11(12(14)15)7-9-3-5-10(13)6-4-9/h3-6,8,11H,7H2,1-2H3,(H,14,15)/t11-/m1/s1. The van der Waals surface area contributed by atoms with Crippen molar-refractivity contribution in [2.45, 2.75) is 32.5 Å². The molecule has 0 aliphatic carbocycles. The van der Waals surface area contributed by atoms with Gasteiger partial charge in [-0.15, -0.1) is 0 Å². The fraction of sp³-hybridized carbons (Fsp3) is 0.417. The highest BCUT2D eigenvalue weighted by molar-refractivity contribution is 14.1. The minimum absolute atomic E-state index is 0.0788. The van der Waals surface area contributed by atoms with Gasteiger partial charge in [0.25, 0.3) is 0 Å². The summed E-state index contributed by atoms with van der Waals surface area (Å²) in [6.45, 7) is 3.67. The number of carbonyl (C=O) groups is 1. The van der Waals surface area contributed by atoms with Crippen LogP contribution < -0.4 is 0 Å². The lowest BCUT2D eigenvalue weighted by Crippen LogP contribution is -2.29. The molecule has 1 rings (SSSR count). The molecule has 0 aliphatic rings. The van der Waals surface area contributed by atoms with Gasteiger partial charge in [0, 0.05) is 9.99 Å². The van der Waals surface area contributed by atoms with E-state index in [1.54, 1.807) is 0 Å². The molecule has 3 nitrogen and oxygen atoms in total. The Labute approximate surface area is 109 Å². The normalized spacial score (nSPS) is 12.8. The van der Waals surface area contributed by atoms with Crippen LogP contribution in [-0.2, 0) is 16.0 Å². The van der Waals surface area contributed by atoms with Gasteiger partial charge in [-0.2, -0.15) is 0 Å².